The number of nitrogens with zero attached hydrogens (tertiary/aromatic N) is 1. The molecule has 0 bridgehead atoms. The Balaban J connectivity index is 2.44. The normalized spacial score (nSPS) is 14.2. The summed E-state index contributed by atoms with van der Waals surface area (Å²) in [6.45, 7) is 8.14. The van der Waals surface area contributed by atoms with E-state index in [-0.39, 0.29) is 0 Å². The molecule has 94 valence electrons. The van der Waals surface area contributed by atoms with Gasteiger partial charge in [-0.05, 0) is 50.5 Å². The van der Waals surface area contributed by atoms with Crippen molar-refractivity contribution in [2.45, 2.75) is 26.7 Å². The van der Waals surface area contributed by atoms with E-state index in [0.29, 0.717) is 0 Å². The van der Waals surface area contributed by atoms with Gasteiger partial charge in [-0.3, -0.25) is 0 Å². The highest BCUT2D eigenvalue weighted by Gasteiger charge is 2.15. The van der Waals surface area contributed by atoms with Gasteiger partial charge in [-0.15, -0.1) is 0 Å². The van der Waals surface area contributed by atoms with Crippen LogP contribution >= 0.6 is 0 Å². The quantitative estimate of drug-likeness (QED) is 0.804. The molecule has 0 saturated heterocycles. The SMILES string of the molecule is C=C(C)N(C1=CC=CCC1)c1ccc(C)cc1N. The predicted molar refractivity (Wildman–Crippen MR) is 79.3 cm³/mol. The molecule has 0 aromatic heterocycles. The second kappa shape index (κ2) is 5.13. The van der Waals surface area contributed by atoms with Gasteiger partial charge in [0.05, 0.1) is 11.4 Å². The maximum Gasteiger partial charge on any atom is 0.0685 e. The molecule has 1 aromatic carbocycles. The molecule has 0 saturated carbocycles. The van der Waals surface area contributed by atoms with Crippen molar-refractivity contribution in [1.82, 2.24) is 0 Å². The molecule has 0 unspecified atom stereocenters. The number of aryl methyl sites for hydroxylation is 1. The molecule has 2 rings (SSSR count). The van der Waals surface area contributed by atoms with Gasteiger partial charge in [-0.25, -0.2) is 0 Å². The van der Waals surface area contributed by atoms with E-state index in [9.17, 15) is 0 Å². The Kier molecular flexibility index (Phi) is 3.56. The monoisotopic (exact) mass is 240 g/mol. The molecule has 2 N–H and O–H groups in total. The van der Waals surface area contributed by atoms with Crippen molar-refractivity contribution >= 4 is 11.4 Å². The molecule has 0 aliphatic heterocycles. The second-order valence-corrected chi connectivity index (χ2v) is 4.76. The van der Waals surface area contributed by atoms with Crippen LogP contribution in [-0.2, 0) is 0 Å². The second-order valence-electron chi connectivity index (χ2n) is 4.76. The van der Waals surface area contributed by atoms with Gasteiger partial charge in [0.1, 0.15) is 0 Å². The standard InChI is InChI=1S/C16H20N2/c1-12(2)18(14-7-5-4-6-8-14)16-10-9-13(3)11-15(16)17/h4-5,7,9-11H,1,6,8,17H2,2-3H3. The molecule has 2 heteroatoms. The van der Waals surface area contributed by atoms with Crippen LogP contribution in [0.2, 0.25) is 0 Å². The first-order valence-corrected chi connectivity index (χ1v) is 6.27. The molecule has 2 nitrogen and oxygen atoms in total. The largest absolute Gasteiger partial charge is 0.397 e. The van der Waals surface area contributed by atoms with Crippen LogP contribution < -0.4 is 10.6 Å². The summed E-state index contributed by atoms with van der Waals surface area (Å²) in [7, 11) is 0. The average molecular weight is 240 g/mol. The fraction of sp³-hybridized carbons (Fsp3) is 0.250. The number of hydrogen-bond donors (Lipinski definition) is 1. The lowest BCUT2D eigenvalue weighted by Crippen LogP contribution is -2.21. The molecule has 0 amide bonds. The van der Waals surface area contributed by atoms with Crippen molar-refractivity contribution in [2.24, 2.45) is 0 Å². The van der Waals surface area contributed by atoms with Crippen molar-refractivity contribution in [3.05, 3.63) is 60.0 Å². The van der Waals surface area contributed by atoms with Gasteiger partial charge in [0.25, 0.3) is 0 Å². The minimum absolute atomic E-state index is 0.799. The van der Waals surface area contributed by atoms with Crippen molar-refractivity contribution in [3.8, 4) is 0 Å². The lowest BCUT2D eigenvalue weighted by molar-refractivity contribution is 0.894. The van der Waals surface area contributed by atoms with Crippen LogP contribution in [-0.4, -0.2) is 0 Å². The molecule has 0 fully saturated rings. The Bertz CT molecular complexity index is 524. The lowest BCUT2D eigenvalue weighted by atomic mass is 10.1. The Morgan fingerprint density at radius 1 is 1.39 bits per heavy atom. The summed E-state index contributed by atoms with van der Waals surface area (Å²) in [6, 6.07) is 6.16. The van der Waals surface area contributed by atoms with E-state index in [1.807, 2.05) is 19.9 Å². The van der Waals surface area contributed by atoms with Crippen LogP contribution in [0.15, 0.2) is 54.4 Å². The summed E-state index contributed by atoms with van der Waals surface area (Å²) in [6.07, 6.45) is 8.51. The van der Waals surface area contributed by atoms with E-state index in [0.717, 1.165) is 29.9 Å². The van der Waals surface area contributed by atoms with Crippen LogP contribution in [0.1, 0.15) is 25.3 Å². The number of nitrogens with two attached hydrogens (primary N) is 1. The van der Waals surface area contributed by atoms with Crippen LogP contribution in [0, 0.1) is 6.92 Å². The molecule has 18 heavy (non-hydrogen) atoms. The van der Waals surface area contributed by atoms with Gasteiger partial charge in [0.15, 0.2) is 0 Å². The molecule has 0 atom stereocenters. The number of nitrogen functional groups attached to an aromatic ring is 1. The van der Waals surface area contributed by atoms with Crippen molar-refractivity contribution in [3.63, 3.8) is 0 Å². The van der Waals surface area contributed by atoms with Gasteiger partial charge in [0, 0.05) is 11.4 Å². The zero-order valence-electron chi connectivity index (χ0n) is 11.1. The highest BCUT2D eigenvalue weighted by molar-refractivity contribution is 5.73. The van der Waals surface area contributed by atoms with E-state index in [2.05, 4.69) is 41.8 Å². The zero-order chi connectivity index (χ0) is 13.1. The van der Waals surface area contributed by atoms with Crippen molar-refractivity contribution < 1.29 is 0 Å². The molecule has 1 aromatic rings. The van der Waals surface area contributed by atoms with Crippen molar-refractivity contribution in [1.29, 1.82) is 0 Å². The maximum absolute atomic E-state index is 6.14. The summed E-state index contributed by atoms with van der Waals surface area (Å²) in [5, 5.41) is 0. The topological polar surface area (TPSA) is 29.3 Å². The minimum Gasteiger partial charge on any atom is -0.397 e. The van der Waals surface area contributed by atoms with Gasteiger partial charge in [0.2, 0.25) is 0 Å². The summed E-state index contributed by atoms with van der Waals surface area (Å²) >= 11 is 0. The minimum atomic E-state index is 0.799. The molecular formula is C16H20N2. The Hall–Kier alpha value is -1.96. The first-order chi connectivity index (χ1) is 8.59. The van der Waals surface area contributed by atoms with E-state index < -0.39 is 0 Å². The third kappa shape index (κ3) is 2.48. The first-order valence-electron chi connectivity index (χ1n) is 6.27. The van der Waals surface area contributed by atoms with E-state index in [1.165, 1.54) is 11.3 Å². The maximum atomic E-state index is 6.14. The average Bonchev–Trinajstić information content (AvgIpc) is 2.33. The van der Waals surface area contributed by atoms with Gasteiger partial charge < -0.3 is 10.6 Å². The molecule has 0 heterocycles. The highest BCUT2D eigenvalue weighted by atomic mass is 15.2. The number of benzene rings is 1. The summed E-state index contributed by atoms with van der Waals surface area (Å²) in [5.41, 5.74) is 11.4. The first kappa shape index (κ1) is 12.5. The highest BCUT2D eigenvalue weighted by Crippen LogP contribution is 2.32. The molecule has 1 aliphatic carbocycles. The van der Waals surface area contributed by atoms with Gasteiger partial charge >= 0.3 is 0 Å². The van der Waals surface area contributed by atoms with E-state index >= 15 is 0 Å². The lowest BCUT2D eigenvalue weighted by Gasteiger charge is -2.29. The van der Waals surface area contributed by atoms with Gasteiger partial charge in [-0.1, -0.05) is 24.8 Å². The van der Waals surface area contributed by atoms with E-state index in [4.69, 9.17) is 5.73 Å². The smallest absolute Gasteiger partial charge is 0.0685 e. The summed E-state index contributed by atoms with van der Waals surface area (Å²) in [5.74, 6) is 0. The summed E-state index contributed by atoms with van der Waals surface area (Å²) in [4.78, 5) is 2.15. The summed E-state index contributed by atoms with van der Waals surface area (Å²) < 4.78 is 0. The van der Waals surface area contributed by atoms with Crippen LogP contribution in [0.3, 0.4) is 0 Å². The fourth-order valence-corrected chi connectivity index (χ4v) is 2.26. The van der Waals surface area contributed by atoms with Crippen LogP contribution in [0.5, 0.6) is 0 Å². The molecule has 0 radical (unpaired) electrons. The third-order valence-electron chi connectivity index (χ3n) is 3.08. The van der Waals surface area contributed by atoms with Crippen molar-refractivity contribution in [2.75, 3.05) is 10.6 Å². The number of hydrogen-bond acceptors (Lipinski definition) is 2. The van der Waals surface area contributed by atoms with E-state index in [1.54, 1.807) is 0 Å². The molecule has 1 aliphatic rings. The number of allylic oxidation sites excluding steroid dienone is 5. The number of anilines is 2. The third-order valence-corrected chi connectivity index (χ3v) is 3.08. The van der Waals surface area contributed by atoms with Gasteiger partial charge in [-0.2, -0.15) is 0 Å². The number of rotatable bonds is 3. The predicted octanol–water partition coefficient (Wildman–Crippen LogP) is 4.15. The Morgan fingerprint density at radius 2 is 2.17 bits per heavy atom. The van der Waals surface area contributed by atoms with Crippen LogP contribution in [0.25, 0.3) is 0 Å². The Morgan fingerprint density at radius 3 is 2.72 bits per heavy atom. The molecular weight excluding hydrogens is 220 g/mol. The fourth-order valence-electron chi connectivity index (χ4n) is 2.26. The van der Waals surface area contributed by atoms with Crippen LogP contribution in [0.4, 0.5) is 11.4 Å². The molecule has 0 spiro atoms. The zero-order valence-corrected chi connectivity index (χ0v) is 11.1. The Labute approximate surface area is 109 Å².